The highest BCUT2D eigenvalue weighted by molar-refractivity contribution is 5.97. The Morgan fingerprint density at radius 2 is 1.95 bits per heavy atom. The maximum Gasteiger partial charge on any atom is 0.169 e. The van der Waals surface area contributed by atoms with Crippen LogP contribution in [0.4, 0.5) is 0 Å². The van der Waals surface area contributed by atoms with Crippen molar-refractivity contribution in [1.82, 2.24) is 4.98 Å². The van der Waals surface area contributed by atoms with Crippen molar-refractivity contribution in [3.63, 3.8) is 0 Å². The molecule has 0 bridgehead atoms. The SMILES string of the molecule is CCCOc1ccccc1Oc1cnccc1C(=N)N. The van der Waals surface area contributed by atoms with Crippen molar-refractivity contribution < 1.29 is 9.47 Å². The van der Waals surface area contributed by atoms with Gasteiger partial charge in [-0.15, -0.1) is 0 Å². The molecule has 0 amide bonds. The van der Waals surface area contributed by atoms with Gasteiger partial charge in [-0.25, -0.2) is 0 Å². The summed E-state index contributed by atoms with van der Waals surface area (Å²) in [5.41, 5.74) is 6.04. The number of hydrogen-bond donors (Lipinski definition) is 2. The summed E-state index contributed by atoms with van der Waals surface area (Å²) < 4.78 is 11.4. The molecular weight excluding hydrogens is 254 g/mol. The van der Waals surface area contributed by atoms with E-state index < -0.39 is 0 Å². The van der Waals surface area contributed by atoms with E-state index in [1.807, 2.05) is 31.2 Å². The van der Waals surface area contributed by atoms with Crippen LogP contribution in [0.3, 0.4) is 0 Å². The molecule has 104 valence electrons. The minimum absolute atomic E-state index is 0.0608. The molecule has 5 nitrogen and oxygen atoms in total. The Balaban J connectivity index is 2.28. The monoisotopic (exact) mass is 271 g/mol. The molecule has 20 heavy (non-hydrogen) atoms. The van der Waals surface area contributed by atoms with E-state index >= 15 is 0 Å². The maximum absolute atomic E-state index is 7.55. The van der Waals surface area contributed by atoms with Gasteiger partial charge >= 0.3 is 0 Å². The lowest BCUT2D eigenvalue weighted by Gasteiger charge is -2.13. The van der Waals surface area contributed by atoms with E-state index in [2.05, 4.69) is 4.98 Å². The summed E-state index contributed by atoms with van der Waals surface area (Å²) in [6, 6.07) is 9.04. The summed E-state index contributed by atoms with van der Waals surface area (Å²) in [6.45, 7) is 2.66. The van der Waals surface area contributed by atoms with Crippen LogP contribution in [0, 0.1) is 5.41 Å². The van der Waals surface area contributed by atoms with Gasteiger partial charge in [0.2, 0.25) is 0 Å². The number of ether oxygens (including phenoxy) is 2. The first-order chi connectivity index (χ1) is 9.72. The van der Waals surface area contributed by atoms with Gasteiger partial charge in [0.15, 0.2) is 17.2 Å². The molecule has 1 aromatic carbocycles. The predicted octanol–water partition coefficient (Wildman–Crippen LogP) is 2.95. The fraction of sp³-hybridized carbons (Fsp3) is 0.200. The van der Waals surface area contributed by atoms with Crippen molar-refractivity contribution in [3.05, 3.63) is 48.3 Å². The van der Waals surface area contributed by atoms with Gasteiger partial charge in [0.05, 0.1) is 18.4 Å². The van der Waals surface area contributed by atoms with Crippen LogP contribution in [-0.4, -0.2) is 17.4 Å². The summed E-state index contributed by atoms with van der Waals surface area (Å²) in [5, 5.41) is 7.55. The molecule has 0 unspecified atom stereocenters. The summed E-state index contributed by atoms with van der Waals surface area (Å²) in [5.74, 6) is 1.62. The van der Waals surface area contributed by atoms with Gasteiger partial charge < -0.3 is 15.2 Å². The number of amidine groups is 1. The van der Waals surface area contributed by atoms with Gasteiger partial charge in [-0.2, -0.15) is 0 Å². The molecule has 0 aliphatic carbocycles. The molecule has 2 aromatic rings. The summed E-state index contributed by atoms with van der Waals surface area (Å²) in [6.07, 6.45) is 4.02. The van der Waals surface area contributed by atoms with Gasteiger partial charge in [0.25, 0.3) is 0 Å². The van der Waals surface area contributed by atoms with Gasteiger partial charge in [0, 0.05) is 6.20 Å². The van der Waals surface area contributed by atoms with E-state index in [-0.39, 0.29) is 5.84 Å². The lowest BCUT2D eigenvalue weighted by atomic mass is 10.2. The first-order valence-corrected chi connectivity index (χ1v) is 6.40. The molecular formula is C15H17N3O2. The molecule has 0 spiro atoms. The van der Waals surface area contributed by atoms with Gasteiger partial charge in [-0.05, 0) is 24.6 Å². The van der Waals surface area contributed by atoms with Crippen molar-refractivity contribution in [3.8, 4) is 17.2 Å². The Bertz CT molecular complexity index is 599. The molecule has 0 saturated heterocycles. The fourth-order valence-electron chi connectivity index (χ4n) is 1.67. The molecule has 0 radical (unpaired) electrons. The second-order valence-corrected chi connectivity index (χ2v) is 4.18. The Hall–Kier alpha value is -2.56. The molecule has 0 aliphatic rings. The molecule has 3 N–H and O–H groups in total. The number of para-hydroxylation sites is 2. The number of aromatic nitrogens is 1. The summed E-state index contributed by atoms with van der Waals surface area (Å²) in [7, 11) is 0. The molecule has 2 rings (SSSR count). The van der Waals surface area contributed by atoms with Crippen LogP contribution in [0.25, 0.3) is 0 Å². The molecule has 0 saturated carbocycles. The number of rotatable bonds is 6. The van der Waals surface area contributed by atoms with Crippen LogP contribution in [0.5, 0.6) is 17.2 Å². The Labute approximate surface area is 117 Å². The first-order valence-electron chi connectivity index (χ1n) is 6.40. The molecule has 0 aliphatic heterocycles. The number of hydrogen-bond acceptors (Lipinski definition) is 4. The van der Waals surface area contributed by atoms with Gasteiger partial charge in [-0.3, -0.25) is 10.4 Å². The maximum atomic E-state index is 7.55. The summed E-state index contributed by atoms with van der Waals surface area (Å²) >= 11 is 0. The van der Waals surface area contributed by atoms with Crippen molar-refractivity contribution in [2.24, 2.45) is 5.73 Å². The number of pyridine rings is 1. The van der Waals surface area contributed by atoms with Crippen molar-refractivity contribution in [2.75, 3.05) is 6.61 Å². The van der Waals surface area contributed by atoms with Gasteiger partial charge in [-0.1, -0.05) is 19.1 Å². The van der Waals surface area contributed by atoms with Crippen LogP contribution in [0.15, 0.2) is 42.7 Å². The molecule has 1 aromatic heterocycles. The highest BCUT2D eigenvalue weighted by Crippen LogP contribution is 2.32. The van der Waals surface area contributed by atoms with Crippen LogP contribution < -0.4 is 15.2 Å². The third-order valence-electron chi connectivity index (χ3n) is 2.61. The Kier molecular flexibility index (Phi) is 4.55. The summed E-state index contributed by atoms with van der Waals surface area (Å²) in [4.78, 5) is 4.00. The second-order valence-electron chi connectivity index (χ2n) is 4.18. The normalized spacial score (nSPS) is 10.1. The Morgan fingerprint density at radius 3 is 2.65 bits per heavy atom. The van der Waals surface area contributed by atoms with Crippen molar-refractivity contribution in [2.45, 2.75) is 13.3 Å². The fourth-order valence-corrected chi connectivity index (χ4v) is 1.67. The average molecular weight is 271 g/mol. The first kappa shape index (κ1) is 13.9. The average Bonchev–Trinajstić information content (AvgIpc) is 2.47. The third kappa shape index (κ3) is 3.26. The number of nitrogens with two attached hydrogens (primary N) is 1. The number of nitrogens with zero attached hydrogens (tertiary/aromatic N) is 1. The minimum Gasteiger partial charge on any atom is -0.490 e. The third-order valence-corrected chi connectivity index (χ3v) is 2.61. The van der Waals surface area contributed by atoms with E-state index in [1.54, 1.807) is 12.3 Å². The minimum atomic E-state index is -0.0608. The highest BCUT2D eigenvalue weighted by Gasteiger charge is 2.10. The molecule has 5 heteroatoms. The van der Waals surface area contributed by atoms with Crippen LogP contribution >= 0.6 is 0 Å². The van der Waals surface area contributed by atoms with E-state index in [4.69, 9.17) is 20.6 Å². The predicted molar refractivity (Wildman–Crippen MR) is 77.6 cm³/mol. The van der Waals surface area contributed by atoms with E-state index in [0.29, 0.717) is 29.4 Å². The quantitative estimate of drug-likeness (QED) is 0.625. The van der Waals surface area contributed by atoms with Crippen molar-refractivity contribution in [1.29, 1.82) is 5.41 Å². The topological polar surface area (TPSA) is 81.2 Å². The van der Waals surface area contributed by atoms with Crippen LogP contribution in [0.1, 0.15) is 18.9 Å². The number of nitrogen functional groups attached to an aromatic ring is 1. The van der Waals surface area contributed by atoms with Crippen LogP contribution in [0.2, 0.25) is 0 Å². The van der Waals surface area contributed by atoms with E-state index in [0.717, 1.165) is 6.42 Å². The van der Waals surface area contributed by atoms with Crippen LogP contribution in [-0.2, 0) is 0 Å². The Morgan fingerprint density at radius 1 is 1.20 bits per heavy atom. The zero-order chi connectivity index (χ0) is 14.4. The molecule has 0 fully saturated rings. The zero-order valence-electron chi connectivity index (χ0n) is 11.3. The number of benzene rings is 1. The smallest absolute Gasteiger partial charge is 0.169 e. The van der Waals surface area contributed by atoms with E-state index in [1.165, 1.54) is 6.20 Å². The standard InChI is InChI=1S/C15H17N3O2/c1-2-9-19-12-5-3-4-6-13(12)20-14-10-18-8-7-11(14)15(16)17/h3-8,10H,2,9H2,1H3,(H3,16,17). The van der Waals surface area contributed by atoms with Crippen molar-refractivity contribution >= 4 is 5.84 Å². The lowest BCUT2D eigenvalue weighted by molar-refractivity contribution is 0.302. The highest BCUT2D eigenvalue weighted by atomic mass is 16.5. The number of nitrogens with one attached hydrogen (secondary N) is 1. The van der Waals surface area contributed by atoms with E-state index in [9.17, 15) is 0 Å². The zero-order valence-corrected chi connectivity index (χ0v) is 11.3. The molecule has 0 atom stereocenters. The molecule has 1 heterocycles. The largest absolute Gasteiger partial charge is 0.490 e. The lowest BCUT2D eigenvalue weighted by Crippen LogP contribution is -2.12. The van der Waals surface area contributed by atoms with Gasteiger partial charge in [0.1, 0.15) is 5.84 Å². The second kappa shape index (κ2) is 6.56.